The average molecular weight is 427 g/mol. The number of nitrogens with one attached hydrogen (secondary N) is 2. The zero-order chi connectivity index (χ0) is 22.1. The van der Waals surface area contributed by atoms with Crippen molar-refractivity contribution in [1.29, 1.82) is 0 Å². The second kappa shape index (κ2) is 7.98. The SMILES string of the molecule is Cc1cc(Nc2nccc(C(F)(F)F)n2)cc(-c2ccc(NC3(C=O)CCC3)nc2)c1. The Labute approximate surface area is 177 Å². The Balaban J connectivity index is 1.55. The highest BCUT2D eigenvalue weighted by Crippen LogP contribution is 2.34. The summed E-state index contributed by atoms with van der Waals surface area (Å²) in [6.45, 7) is 1.88. The number of nitrogens with zero attached hydrogens (tertiary/aromatic N) is 3. The van der Waals surface area contributed by atoms with Gasteiger partial charge in [0.1, 0.15) is 17.8 Å². The predicted molar refractivity (Wildman–Crippen MR) is 111 cm³/mol. The molecule has 31 heavy (non-hydrogen) atoms. The summed E-state index contributed by atoms with van der Waals surface area (Å²) in [7, 11) is 0. The molecule has 160 valence electrons. The van der Waals surface area contributed by atoms with Crippen LogP contribution in [0.3, 0.4) is 0 Å². The monoisotopic (exact) mass is 427 g/mol. The quantitative estimate of drug-likeness (QED) is 0.530. The van der Waals surface area contributed by atoms with Crippen molar-refractivity contribution in [2.45, 2.75) is 37.9 Å². The Bertz CT molecular complexity index is 1100. The minimum Gasteiger partial charge on any atom is -0.358 e. The summed E-state index contributed by atoms with van der Waals surface area (Å²) in [4.78, 5) is 23.2. The third kappa shape index (κ3) is 4.65. The number of benzene rings is 1. The topological polar surface area (TPSA) is 79.8 Å². The van der Waals surface area contributed by atoms with Crippen molar-refractivity contribution >= 4 is 23.7 Å². The van der Waals surface area contributed by atoms with E-state index in [2.05, 4.69) is 25.6 Å². The van der Waals surface area contributed by atoms with Crippen LogP contribution in [-0.4, -0.2) is 26.8 Å². The van der Waals surface area contributed by atoms with Crippen LogP contribution in [0.2, 0.25) is 0 Å². The van der Waals surface area contributed by atoms with Crippen molar-refractivity contribution in [1.82, 2.24) is 15.0 Å². The summed E-state index contributed by atoms with van der Waals surface area (Å²) >= 11 is 0. The molecule has 2 aromatic heterocycles. The van der Waals surface area contributed by atoms with Gasteiger partial charge >= 0.3 is 6.18 Å². The highest BCUT2D eigenvalue weighted by atomic mass is 19.4. The first kappa shape index (κ1) is 20.8. The number of halogens is 3. The Morgan fingerprint density at radius 1 is 1.06 bits per heavy atom. The molecule has 2 heterocycles. The standard InChI is InChI=1S/C22H20F3N5O/c1-14-9-16(15-3-4-19(27-12-15)30-21(13-31)6-2-7-21)11-17(10-14)28-20-26-8-5-18(29-20)22(23,24)25/h3-5,8-13H,2,6-7H2,1H3,(H,27,30)(H,26,28,29). The van der Waals surface area contributed by atoms with Gasteiger partial charge in [0.25, 0.3) is 0 Å². The van der Waals surface area contributed by atoms with Crippen LogP contribution in [0.5, 0.6) is 0 Å². The van der Waals surface area contributed by atoms with Gasteiger partial charge in [-0.15, -0.1) is 0 Å². The maximum absolute atomic E-state index is 12.9. The molecule has 3 aromatic rings. The smallest absolute Gasteiger partial charge is 0.358 e. The van der Waals surface area contributed by atoms with Crippen molar-refractivity contribution in [3.05, 3.63) is 60.0 Å². The second-order valence-corrected chi connectivity index (χ2v) is 7.66. The van der Waals surface area contributed by atoms with Crippen LogP contribution in [0.4, 0.5) is 30.6 Å². The normalized spacial score (nSPS) is 15.1. The zero-order valence-electron chi connectivity index (χ0n) is 16.7. The number of pyridine rings is 1. The Morgan fingerprint density at radius 2 is 1.87 bits per heavy atom. The fourth-order valence-electron chi connectivity index (χ4n) is 3.45. The van der Waals surface area contributed by atoms with Crippen LogP contribution in [0.15, 0.2) is 48.8 Å². The Morgan fingerprint density at radius 3 is 2.48 bits per heavy atom. The van der Waals surface area contributed by atoms with E-state index in [1.54, 1.807) is 18.3 Å². The van der Waals surface area contributed by atoms with Crippen LogP contribution in [-0.2, 0) is 11.0 Å². The first-order valence-corrected chi connectivity index (χ1v) is 9.76. The molecule has 1 fully saturated rings. The van der Waals surface area contributed by atoms with Crippen molar-refractivity contribution < 1.29 is 18.0 Å². The molecular formula is C22H20F3N5O. The first-order chi connectivity index (χ1) is 14.8. The average Bonchev–Trinajstić information content (AvgIpc) is 2.70. The molecule has 2 N–H and O–H groups in total. The summed E-state index contributed by atoms with van der Waals surface area (Å²) in [6.07, 6.45) is 1.77. The summed E-state index contributed by atoms with van der Waals surface area (Å²) in [5.41, 5.74) is 1.61. The molecule has 0 spiro atoms. The molecule has 1 saturated carbocycles. The number of anilines is 3. The van der Waals surface area contributed by atoms with E-state index < -0.39 is 17.4 Å². The molecule has 0 aliphatic heterocycles. The van der Waals surface area contributed by atoms with Gasteiger partial charge < -0.3 is 15.4 Å². The number of hydrogen-bond donors (Lipinski definition) is 2. The number of alkyl halides is 3. The minimum absolute atomic E-state index is 0.135. The summed E-state index contributed by atoms with van der Waals surface area (Å²) in [5.74, 6) is 0.489. The van der Waals surface area contributed by atoms with Crippen molar-refractivity contribution in [3.8, 4) is 11.1 Å². The number of hydrogen-bond acceptors (Lipinski definition) is 6. The Hall–Kier alpha value is -3.49. The molecule has 9 heteroatoms. The van der Waals surface area contributed by atoms with Crippen molar-refractivity contribution in [3.63, 3.8) is 0 Å². The minimum atomic E-state index is -4.54. The largest absolute Gasteiger partial charge is 0.433 e. The first-order valence-electron chi connectivity index (χ1n) is 9.76. The molecule has 0 radical (unpaired) electrons. The molecule has 1 aliphatic rings. The lowest BCUT2D eigenvalue weighted by molar-refractivity contribution is -0.141. The highest BCUT2D eigenvalue weighted by molar-refractivity contribution is 5.73. The number of aromatic nitrogens is 3. The van der Waals surface area contributed by atoms with Gasteiger partial charge in [0.15, 0.2) is 0 Å². The molecular weight excluding hydrogens is 407 g/mol. The molecule has 1 aromatic carbocycles. The van der Waals surface area contributed by atoms with Gasteiger partial charge in [0, 0.05) is 23.6 Å². The van der Waals surface area contributed by atoms with E-state index in [1.165, 1.54) is 0 Å². The van der Waals surface area contributed by atoms with E-state index >= 15 is 0 Å². The van der Waals surface area contributed by atoms with Gasteiger partial charge in [-0.2, -0.15) is 13.2 Å². The molecule has 0 atom stereocenters. The second-order valence-electron chi connectivity index (χ2n) is 7.66. The fraction of sp³-hybridized carbons (Fsp3) is 0.273. The summed E-state index contributed by atoms with van der Waals surface area (Å²) < 4.78 is 38.7. The van der Waals surface area contributed by atoms with Crippen LogP contribution >= 0.6 is 0 Å². The van der Waals surface area contributed by atoms with Gasteiger partial charge in [-0.1, -0.05) is 6.07 Å². The maximum Gasteiger partial charge on any atom is 0.433 e. The van der Waals surface area contributed by atoms with E-state index in [1.807, 2.05) is 25.1 Å². The molecule has 0 saturated heterocycles. The van der Waals surface area contributed by atoms with Crippen LogP contribution < -0.4 is 10.6 Å². The van der Waals surface area contributed by atoms with E-state index in [4.69, 9.17) is 0 Å². The van der Waals surface area contributed by atoms with Gasteiger partial charge in [0.2, 0.25) is 5.95 Å². The highest BCUT2D eigenvalue weighted by Gasteiger charge is 2.36. The van der Waals surface area contributed by atoms with Gasteiger partial charge in [-0.25, -0.2) is 15.0 Å². The molecule has 0 unspecified atom stereocenters. The lowest BCUT2D eigenvalue weighted by Gasteiger charge is -2.37. The van der Waals surface area contributed by atoms with E-state index in [-0.39, 0.29) is 5.95 Å². The lowest BCUT2D eigenvalue weighted by Crippen LogP contribution is -2.46. The summed E-state index contributed by atoms with van der Waals surface area (Å²) in [5, 5.41) is 6.03. The summed E-state index contributed by atoms with van der Waals surface area (Å²) in [6, 6.07) is 10.0. The van der Waals surface area contributed by atoms with Gasteiger partial charge in [0.05, 0.1) is 5.54 Å². The zero-order valence-corrected chi connectivity index (χ0v) is 16.7. The van der Waals surface area contributed by atoms with E-state index in [0.29, 0.717) is 11.5 Å². The Kier molecular flexibility index (Phi) is 5.34. The van der Waals surface area contributed by atoms with Crippen molar-refractivity contribution in [2.75, 3.05) is 10.6 Å². The maximum atomic E-state index is 12.9. The lowest BCUT2D eigenvalue weighted by atomic mass is 9.78. The number of carbonyl (C=O) groups excluding carboxylic acids is 1. The number of rotatable bonds is 6. The van der Waals surface area contributed by atoms with Crippen molar-refractivity contribution in [2.24, 2.45) is 0 Å². The number of aldehydes is 1. The number of carbonyl (C=O) groups is 1. The van der Waals surface area contributed by atoms with Crippen LogP contribution in [0, 0.1) is 6.92 Å². The molecule has 4 rings (SSSR count). The number of aryl methyl sites for hydroxylation is 1. The predicted octanol–water partition coefficient (Wildman–Crippen LogP) is 5.14. The van der Waals surface area contributed by atoms with Gasteiger partial charge in [-0.3, -0.25) is 0 Å². The van der Waals surface area contributed by atoms with Crippen LogP contribution in [0.1, 0.15) is 30.5 Å². The molecule has 1 aliphatic carbocycles. The molecule has 6 nitrogen and oxygen atoms in total. The van der Waals surface area contributed by atoms with E-state index in [0.717, 1.165) is 54.5 Å². The van der Waals surface area contributed by atoms with Crippen LogP contribution in [0.25, 0.3) is 11.1 Å². The third-order valence-electron chi connectivity index (χ3n) is 5.22. The molecule has 0 amide bonds. The third-order valence-corrected chi connectivity index (χ3v) is 5.22. The fourth-order valence-corrected chi connectivity index (χ4v) is 3.45. The van der Waals surface area contributed by atoms with Gasteiger partial charge in [-0.05, 0) is 67.6 Å². The van der Waals surface area contributed by atoms with E-state index in [9.17, 15) is 18.0 Å². The molecule has 0 bridgehead atoms.